The Hall–Kier alpha value is -1.12. The lowest BCUT2D eigenvalue weighted by atomic mass is 9.98. The fraction of sp³-hybridized carbons (Fsp3) is 0.818. The van der Waals surface area contributed by atoms with Crippen LogP contribution in [0.2, 0.25) is 0 Å². The fourth-order valence-electron chi connectivity index (χ4n) is 6.43. The fourth-order valence-corrected chi connectivity index (χ4v) is 6.43. The summed E-state index contributed by atoms with van der Waals surface area (Å²) in [4.78, 5) is 5.16. The van der Waals surface area contributed by atoms with Crippen LogP contribution in [0.4, 0.5) is 0 Å². The molecule has 0 saturated heterocycles. The van der Waals surface area contributed by atoms with E-state index >= 15 is 0 Å². The third-order valence-electron chi connectivity index (χ3n) is 9.45. The molecule has 0 heterocycles. The van der Waals surface area contributed by atoms with Gasteiger partial charge in [0.2, 0.25) is 0 Å². The molecule has 0 aliphatic heterocycles. The molecular formula is C44H84N2. The molecule has 0 saturated carbocycles. The summed E-state index contributed by atoms with van der Waals surface area (Å²) >= 11 is 0. The summed E-state index contributed by atoms with van der Waals surface area (Å²) in [7, 11) is 4.42. The Morgan fingerprint density at radius 3 is 1.13 bits per heavy atom. The first-order valence-electron chi connectivity index (χ1n) is 20.6. The van der Waals surface area contributed by atoms with Gasteiger partial charge in [-0.1, -0.05) is 159 Å². The average molecular weight is 641 g/mol. The van der Waals surface area contributed by atoms with Crippen LogP contribution in [0.5, 0.6) is 0 Å². The van der Waals surface area contributed by atoms with E-state index in [0.29, 0.717) is 0 Å². The molecule has 0 aromatic carbocycles. The number of rotatable bonds is 36. The maximum atomic E-state index is 2.82. The molecule has 0 aliphatic rings. The van der Waals surface area contributed by atoms with Crippen molar-refractivity contribution in [2.24, 2.45) is 0 Å². The normalized spacial score (nSPS) is 12.7. The van der Waals surface area contributed by atoms with Crippen LogP contribution in [0.15, 0.2) is 48.6 Å². The summed E-state index contributed by atoms with van der Waals surface area (Å²) in [6, 6.07) is 0.795. The Morgan fingerprint density at radius 1 is 0.391 bits per heavy atom. The molecule has 0 spiro atoms. The van der Waals surface area contributed by atoms with E-state index in [-0.39, 0.29) is 0 Å². The predicted octanol–water partition coefficient (Wildman–Crippen LogP) is 14.0. The van der Waals surface area contributed by atoms with Gasteiger partial charge in [0.05, 0.1) is 0 Å². The van der Waals surface area contributed by atoms with E-state index in [4.69, 9.17) is 0 Å². The van der Waals surface area contributed by atoms with Crippen molar-refractivity contribution in [1.29, 1.82) is 0 Å². The molecule has 0 aromatic rings. The standard InChI is InChI=1S/C44H84N2/c1-6-9-11-13-15-17-19-21-23-25-27-29-31-33-35-37-40-44(46(8-3)43-39-42-45(4)5)41-38-36-34-32-30-28-26-24-22-20-18-16-14-12-10-7-2/h15-18,21-24,44H,6-14,19-20,25-43H2,1-5H3/b17-15-,18-16-,23-21-,24-22-. The molecule has 0 N–H and O–H groups in total. The predicted molar refractivity (Wildman–Crippen MR) is 212 cm³/mol. The van der Waals surface area contributed by atoms with Crippen molar-refractivity contribution in [3.05, 3.63) is 48.6 Å². The monoisotopic (exact) mass is 641 g/mol. The molecule has 0 amide bonds. The molecule has 0 rings (SSSR count). The Labute approximate surface area is 291 Å². The molecule has 2 nitrogen and oxygen atoms in total. The average Bonchev–Trinajstić information content (AvgIpc) is 3.05. The Balaban J connectivity index is 4.09. The summed E-state index contributed by atoms with van der Waals surface area (Å²) in [6.45, 7) is 10.6. The first-order valence-corrected chi connectivity index (χ1v) is 20.6. The molecule has 2 heteroatoms. The lowest BCUT2D eigenvalue weighted by molar-refractivity contribution is 0.171. The largest absolute Gasteiger partial charge is 0.309 e. The minimum absolute atomic E-state index is 0.795. The van der Waals surface area contributed by atoms with Crippen molar-refractivity contribution in [3.63, 3.8) is 0 Å². The molecule has 270 valence electrons. The van der Waals surface area contributed by atoms with Crippen LogP contribution in [0, 0.1) is 0 Å². The molecule has 0 bridgehead atoms. The van der Waals surface area contributed by atoms with Crippen LogP contribution in [0.25, 0.3) is 0 Å². The second-order valence-electron chi connectivity index (χ2n) is 14.2. The summed E-state index contributed by atoms with van der Waals surface area (Å²) < 4.78 is 0. The van der Waals surface area contributed by atoms with Crippen LogP contribution < -0.4 is 0 Å². The Bertz CT molecular complexity index is 640. The van der Waals surface area contributed by atoms with Gasteiger partial charge < -0.3 is 9.80 Å². The number of hydrogen-bond acceptors (Lipinski definition) is 2. The van der Waals surface area contributed by atoms with E-state index in [1.54, 1.807) is 0 Å². The first kappa shape index (κ1) is 44.9. The van der Waals surface area contributed by atoms with Crippen molar-refractivity contribution < 1.29 is 0 Å². The SMILES string of the molecule is CCCCC/C=C\C/C=C\CCCCCCCCC(CCCCCCCC/C=C\C/C=C\CCCCC)N(CC)CCCN(C)C. The summed E-state index contributed by atoms with van der Waals surface area (Å²) in [5.41, 5.74) is 0. The lowest BCUT2D eigenvalue weighted by Crippen LogP contribution is -2.37. The van der Waals surface area contributed by atoms with Crippen molar-refractivity contribution >= 4 is 0 Å². The van der Waals surface area contributed by atoms with Gasteiger partial charge in [0.1, 0.15) is 0 Å². The summed E-state index contributed by atoms with van der Waals surface area (Å²) in [5, 5.41) is 0. The van der Waals surface area contributed by atoms with Gasteiger partial charge in [-0.2, -0.15) is 0 Å². The Morgan fingerprint density at radius 2 is 0.761 bits per heavy atom. The van der Waals surface area contributed by atoms with E-state index in [9.17, 15) is 0 Å². The van der Waals surface area contributed by atoms with Gasteiger partial charge in [-0.05, 0) is 117 Å². The van der Waals surface area contributed by atoms with E-state index in [1.807, 2.05) is 0 Å². The van der Waals surface area contributed by atoms with Gasteiger partial charge in [-0.25, -0.2) is 0 Å². The number of allylic oxidation sites excluding steroid dienone is 8. The zero-order chi connectivity index (χ0) is 33.6. The molecule has 0 atom stereocenters. The van der Waals surface area contributed by atoms with Gasteiger partial charge in [-0.15, -0.1) is 0 Å². The zero-order valence-corrected chi connectivity index (χ0v) is 32.3. The lowest BCUT2D eigenvalue weighted by Gasteiger charge is -2.31. The van der Waals surface area contributed by atoms with Crippen LogP contribution >= 0.6 is 0 Å². The van der Waals surface area contributed by atoms with Crippen molar-refractivity contribution in [2.75, 3.05) is 33.7 Å². The molecule has 0 unspecified atom stereocenters. The minimum Gasteiger partial charge on any atom is -0.309 e. The minimum atomic E-state index is 0.795. The Kier molecular flexibility index (Phi) is 37.4. The van der Waals surface area contributed by atoms with Gasteiger partial charge in [0.15, 0.2) is 0 Å². The second-order valence-corrected chi connectivity index (χ2v) is 14.2. The summed E-state index contributed by atoms with van der Waals surface area (Å²) in [5.74, 6) is 0. The molecule has 46 heavy (non-hydrogen) atoms. The third-order valence-corrected chi connectivity index (χ3v) is 9.45. The number of nitrogens with zero attached hydrogens (tertiary/aromatic N) is 2. The van der Waals surface area contributed by atoms with Gasteiger partial charge >= 0.3 is 0 Å². The van der Waals surface area contributed by atoms with Gasteiger partial charge in [0.25, 0.3) is 0 Å². The van der Waals surface area contributed by atoms with E-state index in [2.05, 4.69) is 93.3 Å². The van der Waals surface area contributed by atoms with Crippen LogP contribution in [0.3, 0.4) is 0 Å². The van der Waals surface area contributed by atoms with E-state index in [0.717, 1.165) is 18.9 Å². The van der Waals surface area contributed by atoms with Crippen LogP contribution in [-0.4, -0.2) is 49.6 Å². The molecular weight excluding hydrogens is 556 g/mol. The van der Waals surface area contributed by atoms with Crippen molar-refractivity contribution in [2.45, 2.75) is 200 Å². The number of hydrogen-bond donors (Lipinski definition) is 0. The quantitative estimate of drug-likeness (QED) is 0.0496. The summed E-state index contributed by atoms with van der Waals surface area (Å²) in [6.07, 6.45) is 55.3. The zero-order valence-electron chi connectivity index (χ0n) is 32.3. The second kappa shape index (κ2) is 38.3. The third kappa shape index (κ3) is 34.2. The maximum absolute atomic E-state index is 2.82. The molecule has 0 fully saturated rings. The molecule has 0 aliphatic carbocycles. The highest BCUT2D eigenvalue weighted by Gasteiger charge is 2.16. The van der Waals surface area contributed by atoms with Crippen LogP contribution in [0.1, 0.15) is 194 Å². The maximum Gasteiger partial charge on any atom is 0.00951 e. The van der Waals surface area contributed by atoms with Gasteiger partial charge in [-0.3, -0.25) is 0 Å². The number of unbranched alkanes of at least 4 members (excludes halogenated alkanes) is 18. The van der Waals surface area contributed by atoms with Crippen LogP contribution in [-0.2, 0) is 0 Å². The van der Waals surface area contributed by atoms with Gasteiger partial charge in [0, 0.05) is 6.04 Å². The van der Waals surface area contributed by atoms with E-state index < -0.39 is 0 Å². The van der Waals surface area contributed by atoms with Crippen molar-refractivity contribution in [3.8, 4) is 0 Å². The highest BCUT2D eigenvalue weighted by atomic mass is 15.2. The smallest absolute Gasteiger partial charge is 0.00951 e. The van der Waals surface area contributed by atoms with E-state index in [1.165, 1.54) is 180 Å². The topological polar surface area (TPSA) is 6.48 Å². The highest BCUT2D eigenvalue weighted by molar-refractivity contribution is 4.93. The molecule has 0 radical (unpaired) electrons. The highest BCUT2D eigenvalue weighted by Crippen LogP contribution is 2.20. The van der Waals surface area contributed by atoms with Crippen molar-refractivity contribution in [1.82, 2.24) is 9.80 Å². The first-order chi connectivity index (χ1) is 22.7. The molecule has 0 aromatic heterocycles.